The zero-order valence-corrected chi connectivity index (χ0v) is 31.3. The summed E-state index contributed by atoms with van der Waals surface area (Å²) in [5, 5.41) is 4.90. The molecule has 0 bridgehead atoms. The molecule has 1 nitrogen and oxygen atoms in total. The van der Waals surface area contributed by atoms with Gasteiger partial charge in [0.2, 0.25) is 0 Å². The third-order valence-corrected chi connectivity index (χ3v) is 10.3. The van der Waals surface area contributed by atoms with Crippen molar-refractivity contribution in [1.82, 2.24) is 0 Å². The molecule has 0 aliphatic heterocycles. The lowest BCUT2D eigenvalue weighted by atomic mass is 9.87. The second kappa shape index (κ2) is 14.7. The van der Waals surface area contributed by atoms with E-state index in [-0.39, 0.29) is 0 Å². The van der Waals surface area contributed by atoms with Gasteiger partial charge in [0.05, 0.1) is 0 Å². The normalized spacial score (nSPS) is 11.7. The highest BCUT2D eigenvalue weighted by atomic mass is 15.1. The van der Waals surface area contributed by atoms with Gasteiger partial charge in [-0.25, -0.2) is 0 Å². The first kappa shape index (κ1) is 34.5. The van der Waals surface area contributed by atoms with Gasteiger partial charge in [0.1, 0.15) is 0 Å². The van der Waals surface area contributed by atoms with E-state index in [4.69, 9.17) is 0 Å². The van der Waals surface area contributed by atoms with Crippen LogP contribution in [0.25, 0.3) is 62.0 Å². The average molecular weight is 674 g/mol. The van der Waals surface area contributed by atoms with Crippen molar-refractivity contribution < 1.29 is 0 Å². The Balaban J connectivity index is 1.36. The molecular weight excluding hydrogens is 627 g/mol. The van der Waals surface area contributed by atoms with Crippen molar-refractivity contribution in [3.63, 3.8) is 0 Å². The maximum atomic E-state index is 4.23. The molecule has 0 unspecified atom stereocenters. The van der Waals surface area contributed by atoms with Gasteiger partial charge in [-0.05, 0) is 166 Å². The molecule has 0 atom stereocenters. The third kappa shape index (κ3) is 6.40. The quantitative estimate of drug-likeness (QED) is 0.138. The molecule has 0 heterocycles. The highest BCUT2D eigenvalue weighted by Gasteiger charge is 2.18. The summed E-state index contributed by atoms with van der Waals surface area (Å²) in [6, 6.07) is 44.8. The summed E-state index contributed by atoms with van der Waals surface area (Å²) in [6.45, 7) is 17.3. The van der Waals surface area contributed by atoms with Gasteiger partial charge in [-0.1, -0.05) is 123 Å². The Hall–Kier alpha value is -5.92. The Morgan fingerprint density at radius 1 is 0.538 bits per heavy atom. The third-order valence-electron chi connectivity index (χ3n) is 10.3. The van der Waals surface area contributed by atoms with Crippen molar-refractivity contribution in [3.05, 3.63) is 179 Å². The van der Waals surface area contributed by atoms with E-state index < -0.39 is 0 Å². The number of hydrogen-bond donors (Lipinski definition) is 0. The molecular formula is C51H47N. The van der Waals surface area contributed by atoms with Crippen LogP contribution in [0.3, 0.4) is 0 Å². The van der Waals surface area contributed by atoms with E-state index in [0.717, 1.165) is 29.0 Å². The number of nitrogens with zero attached hydrogens (tertiary/aromatic N) is 1. The van der Waals surface area contributed by atoms with Crippen molar-refractivity contribution in [3.8, 4) is 22.3 Å². The molecule has 0 aliphatic rings. The second-order valence-corrected chi connectivity index (χ2v) is 13.9. The molecule has 0 saturated carbocycles. The lowest BCUT2D eigenvalue weighted by Crippen LogP contribution is -2.10. The van der Waals surface area contributed by atoms with E-state index in [1.807, 2.05) is 6.08 Å². The van der Waals surface area contributed by atoms with Gasteiger partial charge in [0, 0.05) is 17.1 Å². The largest absolute Gasteiger partial charge is 0.310 e. The van der Waals surface area contributed by atoms with E-state index >= 15 is 0 Å². The van der Waals surface area contributed by atoms with E-state index in [0.29, 0.717) is 0 Å². The van der Waals surface area contributed by atoms with Crippen LogP contribution in [0.4, 0.5) is 17.1 Å². The SMILES string of the molecule is C=Cc1c(/C=C\C)c2ccccc2c2cc(N(c3ccc(-c4ccc(C)c(-c5c(C)ccc(C)c5/C=C\CC)c4)cc3)c3cccc(C)c3)ccc12. The van der Waals surface area contributed by atoms with Crippen LogP contribution in [0.2, 0.25) is 0 Å². The Labute approximate surface area is 309 Å². The molecule has 0 fully saturated rings. The van der Waals surface area contributed by atoms with Gasteiger partial charge < -0.3 is 4.90 Å². The van der Waals surface area contributed by atoms with E-state index in [2.05, 4.69) is 199 Å². The summed E-state index contributed by atoms with van der Waals surface area (Å²) in [6.07, 6.45) is 11.9. The Bertz CT molecular complexity index is 2510. The minimum Gasteiger partial charge on any atom is -0.310 e. The minimum absolute atomic E-state index is 1.01. The number of allylic oxidation sites excluding steroid dienone is 2. The van der Waals surface area contributed by atoms with Gasteiger partial charge in [-0.15, -0.1) is 0 Å². The number of anilines is 3. The molecule has 7 aromatic carbocycles. The Morgan fingerprint density at radius 2 is 1.21 bits per heavy atom. The fraction of sp³-hybridized carbons (Fsp3) is 0.137. The van der Waals surface area contributed by atoms with Gasteiger partial charge in [0.15, 0.2) is 0 Å². The summed E-state index contributed by atoms with van der Waals surface area (Å²) in [5.41, 5.74) is 17.2. The molecule has 1 heteroatoms. The molecule has 0 aliphatic carbocycles. The van der Waals surface area contributed by atoms with Gasteiger partial charge in [-0.3, -0.25) is 0 Å². The van der Waals surface area contributed by atoms with Crippen LogP contribution in [0.15, 0.2) is 140 Å². The fourth-order valence-corrected chi connectivity index (χ4v) is 7.67. The van der Waals surface area contributed by atoms with E-state index in [1.165, 1.54) is 77.2 Å². The first-order valence-electron chi connectivity index (χ1n) is 18.4. The van der Waals surface area contributed by atoms with Crippen molar-refractivity contribution in [2.24, 2.45) is 0 Å². The predicted octanol–water partition coefficient (Wildman–Crippen LogP) is 15.1. The smallest absolute Gasteiger partial charge is 0.0468 e. The number of hydrogen-bond acceptors (Lipinski definition) is 1. The Morgan fingerprint density at radius 3 is 1.94 bits per heavy atom. The molecule has 7 rings (SSSR count). The van der Waals surface area contributed by atoms with Crippen LogP contribution in [-0.2, 0) is 0 Å². The monoisotopic (exact) mass is 673 g/mol. The van der Waals surface area contributed by atoms with E-state index in [9.17, 15) is 0 Å². The van der Waals surface area contributed by atoms with Crippen molar-refractivity contribution >= 4 is 56.8 Å². The number of rotatable bonds is 9. The molecule has 0 saturated heterocycles. The Kier molecular flexibility index (Phi) is 9.79. The first-order chi connectivity index (χ1) is 25.3. The zero-order chi connectivity index (χ0) is 36.4. The van der Waals surface area contributed by atoms with Crippen LogP contribution in [0, 0.1) is 27.7 Å². The summed E-state index contributed by atoms with van der Waals surface area (Å²) in [7, 11) is 0. The van der Waals surface area contributed by atoms with Crippen LogP contribution < -0.4 is 4.90 Å². The van der Waals surface area contributed by atoms with Crippen LogP contribution in [0.5, 0.6) is 0 Å². The molecule has 0 radical (unpaired) electrons. The van der Waals surface area contributed by atoms with Gasteiger partial charge >= 0.3 is 0 Å². The molecule has 0 N–H and O–H groups in total. The maximum Gasteiger partial charge on any atom is 0.0468 e. The standard InChI is InChI=1S/C51H47N/c1-8-11-18-44-35(5)21-22-37(7)51(44)49-32-39(24-23-36(49)6)38-25-27-40(28-26-38)52(41-17-14-16-34(4)31-41)42-29-30-48-43(10-3)45(15-9-2)46-19-12-13-20-47(46)50(48)33-42/h9-33H,3,8H2,1-2,4-7H3/b15-9-,18-11-. The number of benzene rings is 7. The summed E-state index contributed by atoms with van der Waals surface area (Å²) in [4.78, 5) is 2.38. The predicted molar refractivity (Wildman–Crippen MR) is 230 cm³/mol. The lowest BCUT2D eigenvalue weighted by Gasteiger charge is -2.27. The van der Waals surface area contributed by atoms with Crippen LogP contribution in [0.1, 0.15) is 59.2 Å². The fourth-order valence-electron chi connectivity index (χ4n) is 7.67. The highest BCUT2D eigenvalue weighted by Crippen LogP contribution is 2.42. The van der Waals surface area contributed by atoms with E-state index in [1.54, 1.807) is 0 Å². The average Bonchev–Trinajstić information content (AvgIpc) is 3.16. The molecule has 52 heavy (non-hydrogen) atoms. The molecule has 256 valence electrons. The van der Waals surface area contributed by atoms with Gasteiger partial charge in [-0.2, -0.15) is 0 Å². The molecule has 0 amide bonds. The first-order valence-corrected chi connectivity index (χ1v) is 18.4. The van der Waals surface area contributed by atoms with Crippen LogP contribution in [-0.4, -0.2) is 0 Å². The summed E-state index contributed by atoms with van der Waals surface area (Å²) in [5.74, 6) is 0. The van der Waals surface area contributed by atoms with Crippen LogP contribution >= 0.6 is 0 Å². The van der Waals surface area contributed by atoms with Gasteiger partial charge in [0.25, 0.3) is 0 Å². The zero-order valence-electron chi connectivity index (χ0n) is 31.3. The van der Waals surface area contributed by atoms with Crippen molar-refractivity contribution in [2.45, 2.75) is 48.0 Å². The number of fused-ring (bicyclic) bond motifs is 3. The maximum absolute atomic E-state index is 4.23. The lowest BCUT2D eigenvalue weighted by molar-refractivity contribution is 1.23. The second-order valence-electron chi connectivity index (χ2n) is 13.9. The number of aryl methyl sites for hydroxylation is 4. The molecule has 0 spiro atoms. The summed E-state index contributed by atoms with van der Waals surface area (Å²) < 4.78 is 0. The highest BCUT2D eigenvalue weighted by molar-refractivity contribution is 6.15. The minimum atomic E-state index is 1.01. The van der Waals surface area contributed by atoms with Crippen molar-refractivity contribution in [2.75, 3.05) is 4.90 Å². The topological polar surface area (TPSA) is 3.24 Å². The summed E-state index contributed by atoms with van der Waals surface area (Å²) >= 11 is 0. The molecule has 0 aromatic heterocycles. The molecule has 7 aromatic rings. The van der Waals surface area contributed by atoms with Crippen molar-refractivity contribution in [1.29, 1.82) is 0 Å².